The second-order valence-electron chi connectivity index (χ2n) is 3.76. The fourth-order valence-electron chi connectivity index (χ4n) is 1.43. The predicted molar refractivity (Wildman–Crippen MR) is 65.7 cm³/mol. The van der Waals surface area contributed by atoms with E-state index in [-0.39, 0.29) is 4.90 Å². The van der Waals surface area contributed by atoms with Gasteiger partial charge in [0.25, 0.3) is 10.0 Å². The molecule has 90 valence electrons. The van der Waals surface area contributed by atoms with Gasteiger partial charge in [-0.2, -0.15) is 0 Å². The number of rotatable bonds is 2. The first-order valence-electron chi connectivity index (χ1n) is 4.93. The minimum atomic E-state index is -3.56. The van der Waals surface area contributed by atoms with E-state index < -0.39 is 10.0 Å². The molecule has 0 atom stereocenters. The van der Waals surface area contributed by atoms with Gasteiger partial charge in [0, 0.05) is 11.2 Å². The summed E-state index contributed by atoms with van der Waals surface area (Å²) >= 11 is 5.87. The van der Waals surface area contributed by atoms with Crippen LogP contribution in [0.3, 0.4) is 0 Å². The van der Waals surface area contributed by atoms with Crippen LogP contribution in [-0.4, -0.2) is 17.4 Å². The Morgan fingerprint density at radius 1 is 1.29 bits per heavy atom. The largest absolute Gasteiger partial charge is 0.268 e. The average Bonchev–Trinajstić information content (AvgIpc) is 2.69. The second-order valence-corrected chi connectivity index (χ2v) is 6.01. The highest BCUT2D eigenvalue weighted by Crippen LogP contribution is 2.21. The average molecular weight is 271 g/mol. The Kier molecular flexibility index (Phi) is 2.97. The molecule has 4 nitrogen and oxygen atoms in total. The molecule has 0 bridgehead atoms. The Balaban J connectivity index is 2.56. The maximum atomic E-state index is 12.2. The van der Waals surface area contributed by atoms with Crippen molar-refractivity contribution in [2.75, 3.05) is 0 Å². The van der Waals surface area contributed by atoms with Gasteiger partial charge in [0.2, 0.25) is 0 Å². The van der Waals surface area contributed by atoms with E-state index in [9.17, 15) is 8.42 Å². The first-order valence-corrected chi connectivity index (χ1v) is 6.75. The molecule has 0 N–H and O–H groups in total. The van der Waals surface area contributed by atoms with E-state index >= 15 is 0 Å². The molecule has 6 heteroatoms. The van der Waals surface area contributed by atoms with Gasteiger partial charge in [0.1, 0.15) is 6.33 Å². The molecule has 2 rings (SSSR count). The fraction of sp³-hybridized carbons (Fsp3) is 0.182. The normalized spacial score (nSPS) is 11.7. The summed E-state index contributed by atoms with van der Waals surface area (Å²) in [6.07, 6.45) is 2.76. The first kappa shape index (κ1) is 12.1. The van der Waals surface area contributed by atoms with Gasteiger partial charge in [-0.05, 0) is 37.6 Å². The standard InChI is InChI=1S/C11H11ClN2O2S/c1-8-5-10(3-4-11(8)12)17(15,16)14-6-9(2)13-7-14/h3-7H,1-2H3. The number of nitrogens with zero attached hydrogens (tertiary/aromatic N) is 2. The van der Waals surface area contributed by atoms with Crippen molar-refractivity contribution < 1.29 is 8.42 Å². The van der Waals surface area contributed by atoms with Crippen molar-refractivity contribution in [2.45, 2.75) is 18.7 Å². The molecule has 17 heavy (non-hydrogen) atoms. The summed E-state index contributed by atoms with van der Waals surface area (Å²) in [7, 11) is -3.56. The molecule has 0 saturated carbocycles. The molecule has 1 heterocycles. The lowest BCUT2D eigenvalue weighted by molar-refractivity contribution is 0.587. The maximum absolute atomic E-state index is 12.2. The summed E-state index contributed by atoms with van der Waals surface area (Å²) < 4.78 is 25.5. The fourth-order valence-corrected chi connectivity index (χ4v) is 2.82. The zero-order valence-corrected chi connectivity index (χ0v) is 11.0. The lowest BCUT2D eigenvalue weighted by Gasteiger charge is -2.06. The van der Waals surface area contributed by atoms with Gasteiger partial charge in [0.05, 0.1) is 10.6 Å². The highest BCUT2D eigenvalue weighted by Gasteiger charge is 2.17. The van der Waals surface area contributed by atoms with Gasteiger partial charge in [-0.1, -0.05) is 11.6 Å². The summed E-state index contributed by atoms with van der Waals surface area (Å²) in [6, 6.07) is 4.61. The van der Waals surface area contributed by atoms with Gasteiger partial charge in [0.15, 0.2) is 0 Å². The minimum absolute atomic E-state index is 0.205. The predicted octanol–water partition coefficient (Wildman–Crippen LogP) is 2.39. The van der Waals surface area contributed by atoms with Crippen LogP contribution < -0.4 is 0 Å². The molecule has 0 saturated heterocycles. The SMILES string of the molecule is Cc1cn(S(=O)(=O)c2ccc(Cl)c(C)c2)cn1. The van der Waals surface area contributed by atoms with Crippen molar-refractivity contribution in [3.8, 4) is 0 Å². The van der Waals surface area contributed by atoms with E-state index in [2.05, 4.69) is 4.98 Å². The number of imidazole rings is 1. The Hall–Kier alpha value is -1.33. The Bertz CT molecular complexity index is 662. The zero-order valence-electron chi connectivity index (χ0n) is 9.38. The van der Waals surface area contributed by atoms with Crippen molar-refractivity contribution in [3.05, 3.63) is 47.0 Å². The van der Waals surface area contributed by atoms with Crippen LogP contribution in [0, 0.1) is 13.8 Å². The third kappa shape index (κ3) is 2.21. The zero-order chi connectivity index (χ0) is 12.6. The maximum Gasteiger partial charge on any atom is 0.268 e. The summed E-state index contributed by atoms with van der Waals surface area (Å²) in [5, 5.41) is 0.547. The molecule has 1 aromatic heterocycles. The summed E-state index contributed by atoms with van der Waals surface area (Å²) in [5.41, 5.74) is 1.38. The highest BCUT2D eigenvalue weighted by molar-refractivity contribution is 7.90. The van der Waals surface area contributed by atoms with E-state index in [0.717, 1.165) is 9.54 Å². The molecule has 0 aliphatic rings. The van der Waals surface area contributed by atoms with Crippen molar-refractivity contribution in [2.24, 2.45) is 0 Å². The van der Waals surface area contributed by atoms with Crippen molar-refractivity contribution in [1.82, 2.24) is 8.96 Å². The smallest absolute Gasteiger partial charge is 0.241 e. The third-order valence-corrected chi connectivity index (χ3v) is 4.42. The van der Waals surface area contributed by atoms with E-state index in [1.807, 2.05) is 0 Å². The minimum Gasteiger partial charge on any atom is -0.241 e. The molecular weight excluding hydrogens is 260 g/mol. The molecule has 0 amide bonds. The molecule has 2 aromatic rings. The molecule has 0 radical (unpaired) electrons. The van der Waals surface area contributed by atoms with Crippen molar-refractivity contribution in [3.63, 3.8) is 0 Å². The molecule has 1 aromatic carbocycles. The Labute approximate surface area is 105 Å². The summed E-state index contributed by atoms with van der Waals surface area (Å²) in [6.45, 7) is 3.50. The number of aromatic nitrogens is 2. The van der Waals surface area contributed by atoms with Gasteiger partial charge < -0.3 is 0 Å². The molecular formula is C11H11ClN2O2S. The van der Waals surface area contributed by atoms with E-state index in [1.54, 1.807) is 26.0 Å². The lowest BCUT2D eigenvalue weighted by atomic mass is 10.2. The quantitative estimate of drug-likeness (QED) is 0.842. The van der Waals surface area contributed by atoms with Crippen LogP contribution >= 0.6 is 11.6 Å². The van der Waals surface area contributed by atoms with Crippen molar-refractivity contribution >= 4 is 21.6 Å². The van der Waals surface area contributed by atoms with Crippen LogP contribution in [0.2, 0.25) is 5.02 Å². The van der Waals surface area contributed by atoms with E-state index in [4.69, 9.17) is 11.6 Å². The van der Waals surface area contributed by atoms with Crippen molar-refractivity contribution in [1.29, 1.82) is 0 Å². The van der Waals surface area contributed by atoms with Crippen LogP contribution in [-0.2, 0) is 10.0 Å². The van der Waals surface area contributed by atoms with E-state index in [0.29, 0.717) is 10.7 Å². The number of hydrogen-bond acceptors (Lipinski definition) is 3. The third-order valence-electron chi connectivity index (χ3n) is 2.39. The topological polar surface area (TPSA) is 52.0 Å². The lowest BCUT2D eigenvalue weighted by Crippen LogP contribution is -2.11. The molecule has 0 fully saturated rings. The highest BCUT2D eigenvalue weighted by atomic mass is 35.5. The number of halogens is 1. The van der Waals surface area contributed by atoms with Crippen LogP contribution in [0.4, 0.5) is 0 Å². The molecule has 0 unspecified atom stereocenters. The summed E-state index contributed by atoms with van der Waals surface area (Å²) in [4.78, 5) is 4.11. The first-order chi connectivity index (χ1) is 7.91. The number of hydrogen-bond donors (Lipinski definition) is 0. The Morgan fingerprint density at radius 3 is 2.53 bits per heavy atom. The van der Waals surface area contributed by atoms with Gasteiger partial charge >= 0.3 is 0 Å². The van der Waals surface area contributed by atoms with Crippen LogP contribution in [0.1, 0.15) is 11.3 Å². The number of aryl methyl sites for hydroxylation is 2. The second kappa shape index (κ2) is 4.16. The molecule has 0 aliphatic carbocycles. The molecule has 0 aliphatic heterocycles. The van der Waals surface area contributed by atoms with Gasteiger partial charge in [-0.25, -0.2) is 17.4 Å². The Morgan fingerprint density at radius 2 is 2.00 bits per heavy atom. The monoisotopic (exact) mass is 270 g/mol. The van der Waals surface area contributed by atoms with E-state index in [1.165, 1.54) is 18.6 Å². The number of benzene rings is 1. The molecule has 0 spiro atoms. The summed E-state index contributed by atoms with van der Waals surface area (Å²) in [5.74, 6) is 0. The van der Waals surface area contributed by atoms with Crippen LogP contribution in [0.15, 0.2) is 35.6 Å². The van der Waals surface area contributed by atoms with Gasteiger partial charge in [-0.3, -0.25) is 0 Å². The van der Waals surface area contributed by atoms with Crippen LogP contribution in [0.5, 0.6) is 0 Å². The van der Waals surface area contributed by atoms with Gasteiger partial charge in [-0.15, -0.1) is 0 Å². The van der Waals surface area contributed by atoms with Crippen LogP contribution in [0.25, 0.3) is 0 Å².